The minimum atomic E-state index is -0.0854. The van der Waals surface area contributed by atoms with Crippen LogP contribution in [0.15, 0.2) is 47.9 Å². The molecule has 1 aromatic heterocycles. The van der Waals surface area contributed by atoms with Crippen molar-refractivity contribution < 1.29 is 4.79 Å². The normalized spacial score (nSPS) is 15.2. The molecule has 6 heteroatoms. The molecule has 0 amide bonds. The first kappa shape index (κ1) is 17.5. The summed E-state index contributed by atoms with van der Waals surface area (Å²) in [6.07, 6.45) is 4.51. The fourth-order valence-electron chi connectivity index (χ4n) is 3.24. The molecular weight excluding hydrogens is 338 g/mol. The van der Waals surface area contributed by atoms with Gasteiger partial charge in [0.2, 0.25) is 0 Å². The van der Waals surface area contributed by atoms with Crippen molar-refractivity contribution in [3.05, 3.63) is 69.3 Å². The maximum Gasteiger partial charge on any atom is 0.184 e. The van der Waals surface area contributed by atoms with E-state index in [0.717, 1.165) is 29.0 Å². The van der Waals surface area contributed by atoms with Crippen molar-refractivity contribution in [2.75, 3.05) is 13.1 Å². The van der Waals surface area contributed by atoms with Gasteiger partial charge in [0.15, 0.2) is 5.78 Å². The zero-order chi connectivity index (χ0) is 17.6. The zero-order valence-corrected chi connectivity index (χ0v) is 14.7. The summed E-state index contributed by atoms with van der Waals surface area (Å²) >= 11 is 6.03. The van der Waals surface area contributed by atoms with E-state index >= 15 is 0 Å². The number of halogens is 1. The number of hydrogen-bond donors (Lipinski definition) is 0. The topological polar surface area (TPSA) is 62.6 Å². The quantitative estimate of drug-likeness (QED) is 0.577. The average Bonchev–Trinajstić information content (AvgIpc) is 2.66. The number of hydrogen-bond acceptors (Lipinski definition) is 4. The molecule has 1 fully saturated rings. The Morgan fingerprint density at radius 1 is 1.20 bits per heavy atom. The van der Waals surface area contributed by atoms with Gasteiger partial charge in [-0.05, 0) is 55.0 Å². The number of nitroso groups, excluding NO2 is 1. The minimum absolute atomic E-state index is 0.0762. The highest BCUT2D eigenvalue weighted by atomic mass is 35.5. The molecule has 0 spiro atoms. The number of ketones is 1. The number of aryl methyl sites for hydroxylation is 2. The molecule has 0 bridgehead atoms. The number of Topliss-reactive ketones (excluding diaryl/α,β-unsaturated/α-hetero) is 1. The van der Waals surface area contributed by atoms with Crippen LogP contribution in [0.4, 0.5) is 0 Å². The molecule has 5 nitrogen and oxygen atoms in total. The lowest BCUT2D eigenvalue weighted by molar-refractivity contribution is 0.0835. The zero-order valence-electron chi connectivity index (χ0n) is 13.9. The van der Waals surface area contributed by atoms with Gasteiger partial charge in [-0.25, -0.2) is 0 Å². The predicted octanol–water partition coefficient (Wildman–Crippen LogP) is 4.10. The third-order valence-electron chi connectivity index (χ3n) is 4.65. The first-order valence-electron chi connectivity index (χ1n) is 8.48. The number of rotatable bonds is 6. The Balaban J connectivity index is 1.70. The number of carbonyl (C=O) groups excluding carboxylic acids is 1. The molecule has 0 aliphatic carbocycles. The number of piperidine rings is 1. The molecule has 2 aromatic rings. The standard InChI is InChI=1S/C19H20ClN3O2/c20-17-5-1-3-14(13-17)6-7-15-4-2-10-21-18(15)19(24)16-8-11-23(22-25)12-9-16/h1-5,10,13,16H,6-9,11-12H2. The summed E-state index contributed by atoms with van der Waals surface area (Å²) in [7, 11) is 0. The van der Waals surface area contributed by atoms with Gasteiger partial charge in [-0.15, -0.1) is 4.91 Å². The van der Waals surface area contributed by atoms with Gasteiger partial charge in [-0.1, -0.05) is 29.8 Å². The molecule has 0 atom stereocenters. The Labute approximate surface area is 152 Å². The smallest absolute Gasteiger partial charge is 0.184 e. The molecule has 0 saturated carbocycles. The van der Waals surface area contributed by atoms with Crippen molar-refractivity contribution >= 4 is 17.4 Å². The Bertz CT molecular complexity index is 758. The van der Waals surface area contributed by atoms with E-state index in [9.17, 15) is 9.70 Å². The molecular formula is C19H20ClN3O2. The van der Waals surface area contributed by atoms with Crippen molar-refractivity contribution in [3.8, 4) is 0 Å². The fraction of sp³-hybridized carbons (Fsp3) is 0.368. The molecule has 1 saturated heterocycles. The summed E-state index contributed by atoms with van der Waals surface area (Å²) in [5.41, 5.74) is 2.66. The van der Waals surface area contributed by atoms with E-state index in [4.69, 9.17) is 11.6 Å². The average molecular weight is 358 g/mol. The summed E-state index contributed by atoms with van der Waals surface area (Å²) in [4.78, 5) is 27.8. The largest absolute Gasteiger partial charge is 0.292 e. The fourth-order valence-corrected chi connectivity index (χ4v) is 3.45. The minimum Gasteiger partial charge on any atom is -0.292 e. The van der Waals surface area contributed by atoms with Crippen LogP contribution in [-0.2, 0) is 12.8 Å². The van der Waals surface area contributed by atoms with Crippen LogP contribution in [0, 0.1) is 10.8 Å². The monoisotopic (exact) mass is 357 g/mol. The SMILES string of the molecule is O=NN1CCC(C(=O)c2ncccc2CCc2cccc(Cl)c2)CC1. The first-order valence-corrected chi connectivity index (χ1v) is 8.86. The summed E-state index contributed by atoms with van der Waals surface area (Å²) in [6.45, 7) is 1.06. The Morgan fingerprint density at radius 2 is 2.00 bits per heavy atom. The second kappa shape index (κ2) is 8.21. The third-order valence-corrected chi connectivity index (χ3v) is 4.89. The van der Waals surface area contributed by atoms with Gasteiger partial charge in [-0.2, -0.15) is 0 Å². The molecule has 3 rings (SSSR count). The third kappa shape index (κ3) is 4.42. The van der Waals surface area contributed by atoms with E-state index in [-0.39, 0.29) is 11.7 Å². The molecule has 25 heavy (non-hydrogen) atoms. The van der Waals surface area contributed by atoms with Crippen LogP contribution < -0.4 is 0 Å². The molecule has 130 valence electrons. The van der Waals surface area contributed by atoms with Gasteiger partial charge >= 0.3 is 0 Å². The summed E-state index contributed by atoms with van der Waals surface area (Å²) in [5, 5.41) is 5.14. The van der Waals surface area contributed by atoms with Gasteiger partial charge in [-0.3, -0.25) is 14.8 Å². The molecule has 0 radical (unpaired) electrons. The summed E-state index contributed by atoms with van der Waals surface area (Å²) in [5.74, 6) is -0.00920. The van der Waals surface area contributed by atoms with Crippen molar-refractivity contribution in [2.45, 2.75) is 25.7 Å². The summed E-state index contributed by atoms with van der Waals surface area (Å²) < 4.78 is 0. The lowest BCUT2D eigenvalue weighted by Crippen LogP contribution is -2.33. The van der Waals surface area contributed by atoms with Crippen molar-refractivity contribution in [1.82, 2.24) is 9.99 Å². The lowest BCUT2D eigenvalue weighted by Gasteiger charge is -2.26. The van der Waals surface area contributed by atoms with Gasteiger partial charge in [0.05, 0.1) is 5.29 Å². The van der Waals surface area contributed by atoms with Crippen LogP contribution in [0.25, 0.3) is 0 Å². The van der Waals surface area contributed by atoms with Crippen molar-refractivity contribution in [3.63, 3.8) is 0 Å². The van der Waals surface area contributed by atoms with E-state index in [2.05, 4.69) is 10.3 Å². The van der Waals surface area contributed by atoms with Crippen LogP contribution in [0.3, 0.4) is 0 Å². The molecule has 0 unspecified atom stereocenters. The molecule has 0 N–H and O–H groups in total. The Morgan fingerprint density at radius 3 is 2.72 bits per heavy atom. The number of pyridine rings is 1. The van der Waals surface area contributed by atoms with E-state index in [1.54, 1.807) is 6.20 Å². The van der Waals surface area contributed by atoms with Gasteiger partial charge in [0.25, 0.3) is 0 Å². The highest BCUT2D eigenvalue weighted by molar-refractivity contribution is 6.30. The second-order valence-electron chi connectivity index (χ2n) is 6.31. The number of aromatic nitrogens is 1. The van der Waals surface area contributed by atoms with Crippen molar-refractivity contribution in [1.29, 1.82) is 0 Å². The maximum absolute atomic E-state index is 12.9. The van der Waals surface area contributed by atoms with Crippen LogP contribution in [0.5, 0.6) is 0 Å². The highest BCUT2D eigenvalue weighted by Crippen LogP contribution is 2.23. The van der Waals surface area contributed by atoms with Gasteiger partial charge in [0.1, 0.15) is 5.69 Å². The van der Waals surface area contributed by atoms with E-state index in [1.165, 1.54) is 5.01 Å². The Hall–Kier alpha value is -2.27. The molecule has 1 aliphatic rings. The van der Waals surface area contributed by atoms with Crippen molar-refractivity contribution in [2.24, 2.45) is 11.2 Å². The lowest BCUT2D eigenvalue weighted by atomic mass is 9.89. The van der Waals surface area contributed by atoms with Crippen LogP contribution >= 0.6 is 11.6 Å². The summed E-state index contributed by atoms with van der Waals surface area (Å²) in [6, 6.07) is 11.6. The predicted molar refractivity (Wildman–Crippen MR) is 97.5 cm³/mol. The number of nitrogens with zero attached hydrogens (tertiary/aromatic N) is 3. The van der Waals surface area contributed by atoms with Gasteiger partial charge < -0.3 is 0 Å². The van der Waals surface area contributed by atoms with Crippen LogP contribution in [0.2, 0.25) is 5.02 Å². The Kier molecular flexibility index (Phi) is 5.76. The highest BCUT2D eigenvalue weighted by Gasteiger charge is 2.27. The van der Waals surface area contributed by atoms with E-state index in [0.29, 0.717) is 31.6 Å². The molecule has 1 aromatic carbocycles. The van der Waals surface area contributed by atoms with E-state index < -0.39 is 0 Å². The maximum atomic E-state index is 12.9. The number of carbonyl (C=O) groups is 1. The van der Waals surface area contributed by atoms with E-state index in [1.807, 2.05) is 36.4 Å². The second-order valence-corrected chi connectivity index (χ2v) is 6.75. The first-order chi connectivity index (χ1) is 12.2. The van der Waals surface area contributed by atoms with Crippen LogP contribution in [0.1, 0.15) is 34.5 Å². The molecule has 1 aliphatic heterocycles. The number of benzene rings is 1. The van der Waals surface area contributed by atoms with Crippen LogP contribution in [-0.4, -0.2) is 28.9 Å². The molecule has 2 heterocycles. The van der Waals surface area contributed by atoms with Gasteiger partial charge in [0, 0.05) is 30.2 Å².